The molecular weight excluding hydrogens is 268 g/mol. The lowest BCUT2D eigenvalue weighted by Gasteiger charge is -2.10. The summed E-state index contributed by atoms with van der Waals surface area (Å²) in [7, 11) is 0. The largest absolute Gasteiger partial charge is 0.394 e. The maximum atomic E-state index is 11.9. The Morgan fingerprint density at radius 2 is 2.00 bits per heavy atom. The average Bonchev–Trinajstić information content (AvgIpc) is 2.24. The van der Waals surface area contributed by atoms with E-state index < -0.39 is 0 Å². The Bertz CT molecular complexity index is 590. The molecule has 0 fully saturated rings. The van der Waals surface area contributed by atoms with Gasteiger partial charge in [0.15, 0.2) is 0 Å². The second kappa shape index (κ2) is 4.14. The minimum atomic E-state index is -0.197. The lowest BCUT2D eigenvalue weighted by atomic mass is 10.2. The van der Waals surface area contributed by atoms with E-state index >= 15 is 0 Å². The van der Waals surface area contributed by atoms with Gasteiger partial charge >= 0.3 is 0 Å². The number of nitrogens with two attached hydrogens (primary N) is 1. The molecule has 0 aliphatic heterocycles. The molecule has 0 amide bonds. The number of aromatic nitrogens is 1. The van der Waals surface area contributed by atoms with Crippen molar-refractivity contribution < 1.29 is 0 Å². The summed E-state index contributed by atoms with van der Waals surface area (Å²) < 4.78 is 2.34. The third-order valence-corrected chi connectivity index (χ3v) is 2.82. The van der Waals surface area contributed by atoms with E-state index in [0.717, 1.165) is 15.7 Å². The van der Waals surface area contributed by atoms with Crippen LogP contribution in [-0.4, -0.2) is 4.57 Å². The van der Waals surface area contributed by atoms with Gasteiger partial charge in [-0.25, -0.2) is 0 Å². The molecule has 1 heterocycles. The normalized spacial score (nSPS) is 10.4. The fourth-order valence-electron chi connectivity index (χ4n) is 1.58. The van der Waals surface area contributed by atoms with E-state index in [-0.39, 0.29) is 11.2 Å². The van der Waals surface area contributed by atoms with E-state index in [2.05, 4.69) is 15.9 Å². The number of hydrogen-bond acceptors (Lipinski definition) is 2. The third-order valence-electron chi connectivity index (χ3n) is 2.39. The fraction of sp³-hybridized carbons (Fsp3) is 0.0833. The molecule has 0 saturated carbocycles. The summed E-state index contributed by atoms with van der Waals surface area (Å²) in [6.45, 7) is 1.96. The number of rotatable bonds is 1. The molecule has 4 heteroatoms. The Kier molecular flexibility index (Phi) is 2.83. The predicted octanol–water partition coefficient (Wildman–Crippen LogP) is 2.49. The molecule has 0 aliphatic carbocycles. The van der Waals surface area contributed by atoms with Crippen LogP contribution < -0.4 is 11.3 Å². The van der Waals surface area contributed by atoms with Crippen molar-refractivity contribution in [1.29, 1.82) is 0 Å². The quantitative estimate of drug-likeness (QED) is 0.871. The van der Waals surface area contributed by atoms with Gasteiger partial charge in [0.05, 0.1) is 11.4 Å². The van der Waals surface area contributed by atoms with Crippen LogP contribution >= 0.6 is 15.9 Å². The van der Waals surface area contributed by atoms with Gasteiger partial charge in [0.1, 0.15) is 0 Å². The van der Waals surface area contributed by atoms with Crippen LogP contribution in [-0.2, 0) is 0 Å². The topological polar surface area (TPSA) is 48.0 Å². The number of nitrogens with zero attached hydrogens (tertiary/aromatic N) is 1. The smallest absolute Gasteiger partial charge is 0.278 e. The number of para-hydroxylation sites is 1. The summed E-state index contributed by atoms with van der Waals surface area (Å²) in [6, 6.07) is 9.29. The maximum Gasteiger partial charge on any atom is 0.278 e. The van der Waals surface area contributed by atoms with Crippen LogP contribution in [0.5, 0.6) is 0 Å². The molecule has 0 spiro atoms. The predicted molar refractivity (Wildman–Crippen MR) is 68.9 cm³/mol. The summed E-state index contributed by atoms with van der Waals surface area (Å²) in [6.07, 6.45) is 1.72. The molecule has 0 aliphatic rings. The number of benzene rings is 1. The molecule has 2 rings (SSSR count). The number of nitrogen functional groups attached to an aromatic ring is 1. The van der Waals surface area contributed by atoms with Gasteiger partial charge in [0, 0.05) is 10.7 Å². The molecule has 0 saturated heterocycles. The molecule has 1 aromatic carbocycles. The van der Waals surface area contributed by atoms with E-state index in [1.165, 1.54) is 0 Å². The molecule has 0 radical (unpaired) electrons. The highest BCUT2D eigenvalue weighted by Crippen LogP contribution is 2.16. The molecule has 2 aromatic rings. The van der Waals surface area contributed by atoms with Crippen molar-refractivity contribution in [3.05, 3.63) is 56.9 Å². The molecule has 16 heavy (non-hydrogen) atoms. The Hall–Kier alpha value is -1.55. The lowest BCUT2D eigenvalue weighted by molar-refractivity contribution is 0.976. The monoisotopic (exact) mass is 278 g/mol. The number of pyridine rings is 1. The second-order valence-electron chi connectivity index (χ2n) is 3.58. The molecule has 3 nitrogen and oxygen atoms in total. The van der Waals surface area contributed by atoms with Crippen LogP contribution in [0, 0.1) is 6.92 Å². The van der Waals surface area contributed by atoms with Crippen LogP contribution in [0.2, 0.25) is 0 Å². The number of halogens is 1. The fourth-order valence-corrected chi connectivity index (χ4v) is 2.03. The van der Waals surface area contributed by atoms with E-state index in [0.29, 0.717) is 0 Å². The highest BCUT2D eigenvalue weighted by Gasteiger charge is 2.06. The highest BCUT2D eigenvalue weighted by atomic mass is 79.9. The Labute approximate surface area is 102 Å². The highest BCUT2D eigenvalue weighted by molar-refractivity contribution is 9.10. The van der Waals surface area contributed by atoms with Crippen LogP contribution in [0.1, 0.15) is 5.56 Å². The first-order valence-electron chi connectivity index (χ1n) is 4.83. The van der Waals surface area contributed by atoms with Crippen molar-refractivity contribution in [2.75, 3.05) is 5.73 Å². The summed E-state index contributed by atoms with van der Waals surface area (Å²) in [5, 5.41) is 0. The first kappa shape index (κ1) is 11.0. The lowest BCUT2D eigenvalue weighted by Crippen LogP contribution is -2.21. The van der Waals surface area contributed by atoms with Crippen molar-refractivity contribution >= 4 is 21.6 Å². The number of anilines is 1. The average molecular weight is 279 g/mol. The molecule has 2 N–H and O–H groups in total. The van der Waals surface area contributed by atoms with Crippen molar-refractivity contribution in [2.45, 2.75) is 6.92 Å². The molecule has 1 aromatic heterocycles. The van der Waals surface area contributed by atoms with Crippen LogP contribution in [0.4, 0.5) is 5.69 Å². The van der Waals surface area contributed by atoms with E-state index in [9.17, 15) is 4.79 Å². The van der Waals surface area contributed by atoms with Gasteiger partial charge in [-0.1, -0.05) is 18.2 Å². The van der Waals surface area contributed by atoms with Gasteiger partial charge < -0.3 is 5.73 Å². The summed E-state index contributed by atoms with van der Waals surface area (Å²) >= 11 is 3.33. The molecule has 0 unspecified atom stereocenters. The SMILES string of the molecule is Cc1ccccc1-n1cc(Br)cc(N)c1=O. The zero-order chi connectivity index (χ0) is 11.7. The first-order valence-corrected chi connectivity index (χ1v) is 5.62. The Morgan fingerprint density at radius 1 is 1.31 bits per heavy atom. The minimum Gasteiger partial charge on any atom is -0.394 e. The molecule has 82 valence electrons. The van der Waals surface area contributed by atoms with Crippen LogP contribution in [0.15, 0.2) is 45.8 Å². The van der Waals surface area contributed by atoms with E-state index in [1.807, 2.05) is 31.2 Å². The Balaban J connectivity index is 2.75. The van der Waals surface area contributed by atoms with Gasteiger partial charge in [0.2, 0.25) is 0 Å². The van der Waals surface area contributed by atoms with Crippen LogP contribution in [0.3, 0.4) is 0 Å². The first-order chi connectivity index (χ1) is 7.59. The van der Waals surface area contributed by atoms with E-state index in [4.69, 9.17) is 5.73 Å². The third kappa shape index (κ3) is 1.88. The van der Waals surface area contributed by atoms with Gasteiger partial charge in [-0.15, -0.1) is 0 Å². The zero-order valence-electron chi connectivity index (χ0n) is 8.77. The standard InChI is InChI=1S/C12H11BrN2O/c1-8-4-2-3-5-11(8)15-7-9(13)6-10(14)12(15)16/h2-7H,14H2,1H3. The summed E-state index contributed by atoms with van der Waals surface area (Å²) in [5.41, 5.74) is 7.56. The van der Waals surface area contributed by atoms with Gasteiger partial charge in [0.25, 0.3) is 5.56 Å². The van der Waals surface area contributed by atoms with Crippen LogP contribution in [0.25, 0.3) is 5.69 Å². The molecular formula is C12H11BrN2O. The minimum absolute atomic E-state index is 0.197. The summed E-state index contributed by atoms with van der Waals surface area (Å²) in [4.78, 5) is 11.9. The molecule has 0 atom stereocenters. The van der Waals surface area contributed by atoms with Crippen molar-refractivity contribution in [3.8, 4) is 5.69 Å². The van der Waals surface area contributed by atoms with E-state index in [1.54, 1.807) is 16.8 Å². The second-order valence-corrected chi connectivity index (χ2v) is 4.49. The summed E-state index contributed by atoms with van der Waals surface area (Å²) in [5.74, 6) is 0. The number of aryl methyl sites for hydroxylation is 1. The molecule has 0 bridgehead atoms. The van der Waals surface area contributed by atoms with Crippen molar-refractivity contribution in [1.82, 2.24) is 4.57 Å². The van der Waals surface area contributed by atoms with Gasteiger partial charge in [-0.05, 0) is 40.5 Å². The van der Waals surface area contributed by atoms with Crippen molar-refractivity contribution in [3.63, 3.8) is 0 Å². The van der Waals surface area contributed by atoms with Gasteiger partial charge in [-0.2, -0.15) is 0 Å². The maximum absolute atomic E-state index is 11.9. The van der Waals surface area contributed by atoms with Crippen molar-refractivity contribution in [2.24, 2.45) is 0 Å². The van der Waals surface area contributed by atoms with Gasteiger partial charge in [-0.3, -0.25) is 9.36 Å². The number of hydrogen-bond donors (Lipinski definition) is 1. The Morgan fingerprint density at radius 3 is 2.69 bits per heavy atom. The zero-order valence-corrected chi connectivity index (χ0v) is 10.4.